The van der Waals surface area contributed by atoms with Crippen LogP contribution in [0.15, 0.2) is 42.5 Å². The lowest BCUT2D eigenvalue weighted by Crippen LogP contribution is -2.39. The van der Waals surface area contributed by atoms with E-state index in [0.717, 1.165) is 5.56 Å². The molecular weight excluding hydrogens is 288 g/mol. The van der Waals surface area contributed by atoms with Gasteiger partial charge in [-0.05, 0) is 35.6 Å². The Morgan fingerprint density at radius 1 is 1.17 bits per heavy atom. The summed E-state index contributed by atoms with van der Waals surface area (Å²) < 4.78 is 0. The predicted molar refractivity (Wildman–Crippen MR) is 92.1 cm³/mol. The van der Waals surface area contributed by atoms with Crippen molar-refractivity contribution in [1.29, 1.82) is 0 Å². The molecule has 0 radical (unpaired) electrons. The zero-order valence-corrected chi connectivity index (χ0v) is 13.4. The number of fused-ring (bicyclic) bond motifs is 1. The standard InChI is InChI=1S/C19H24N2O2/c22-12-4-11-21(19(23)13-20-17-9-10-17)14-16-7-3-6-15-5-1-2-8-18(15)16/h1-3,5-8,17,20,22H,4,9-14H2. The summed E-state index contributed by atoms with van der Waals surface area (Å²) in [5.41, 5.74) is 1.15. The average Bonchev–Trinajstić information content (AvgIpc) is 3.41. The molecule has 3 rings (SSSR count). The number of nitrogens with zero attached hydrogens (tertiary/aromatic N) is 1. The van der Waals surface area contributed by atoms with E-state index in [9.17, 15) is 4.79 Å². The predicted octanol–water partition coefficient (Wildman–Crippen LogP) is 2.30. The fourth-order valence-electron chi connectivity index (χ4n) is 2.82. The van der Waals surface area contributed by atoms with Gasteiger partial charge in [0.25, 0.3) is 0 Å². The van der Waals surface area contributed by atoms with E-state index in [2.05, 4.69) is 29.6 Å². The number of aliphatic hydroxyl groups is 1. The normalized spacial score (nSPS) is 14.1. The second-order valence-electron chi connectivity index (χ2n) is 6.19. The Labute approximate surface area is 137 Å². The van der Waals surface area contributed by atoms with Gasteiger partial charge in [-0.1, -0.05) is 42.5 Å². The van der Waals surface area contributed by atoms with Gasteiger partial charge in [0.1, 0.15) is 0 Å². The molecule has 4 heteroatoms. The van der Waals surface area contributed by atoms with Crippen LogP contribution in [0, 0.1) is 0 Å². The maximum atomic E-state index is 12.5. The Kier molecular flexibility index (Phi) is 5.26. The Bertz CT molecular complexity index is 662. The summed E-state index contributed by atoms with van der Waals surface area (Å²) in [6, 6.07) is 15.0. The van der Waals surface area contributed by atoms with Gasteiger partial charge in [0.05, 0.1) is 6.54 Å². The molecule has 2 N–H and O–H groups in total. The molecule has 1 saturated carbocycles. The molecule has 1 fully saturated rings. The lowest BCUT2D eigenvalue weighted by atomic mass is 10.0. The Balaban J connectivity index is 1.74. The Morgan fingerprint density at radius 2 is 1.96 bits per heavy atom. The van der Waals surface area contributed by atoms with Gasteiger partial charge in [0.2, 0.25) is 5.91 Å². The minimum Gasteiger partial charge on any atom is -0.396 e. The van der Waals surface area contributed by atoms with Gasteiger partial charge in [0.15, 0.2) is 0 Å². The first-order valence-corrected chi connectivity index (χ1v) is 8.36. The molecule has 0 aromatic heterocycles. The summed E-state index contributed by atoms with van der Waals surface area (Å²) in [7, 11) is 0. The minimum atomic E-state index is 0.107. The number of hydrogen-bond acceptors (Lipinski definition) is 3. The monoisotopic (exact) mass is 312 g/mol. The van der Waals surface area contributed by atoms with Gasteiger partial charge >= 0.3 is 0 Å². The van der Waals surface area contributed by atoms with E-state index in [1.807, 2.05) is 23.1 Å². The van der Waals surface area contributed by atoms with Crippen LogP contribution in [0.3, 0.4) is 0 Å². The van der Waals surface area contributed by atoms with Crippen LogP contribution in [0.25, 0.3) is 10.8 Å². The zero-order chi connectivity index (χ0) is 16.1. The van der Waals surface area contributed by atoms with Crippen LogP contribution >= 0.6 is 0 Å². The smallest absolute Gasteiger partial charge is 0.236 e. The molecule has 0 unspecified atom stereocenters. The second kappa shape index (κ2) is 7.57. The van der Waals surface area contributed by atoms with Crippen molar-refractivity contribution in [2.75, 3.05) is 19.7 Å². The van der Waals surface area contributed by atoms with Gasteiger partial charge in [-0.25, -0.2) is 0 Å². The molecule has 2 aromatic rings. The summed E-state index contributed by atoms with van der Waals surface area (Å²) >= 11 is 0. The molecule has 1 aliphatic rings. The van der Waals surface area contributed by atoms with Crippen molar-refractivity contribution in [3.63, 3.8) is 0 Å². The van der Waals surface area contributed by atoms with Crippen molar-refractivity contribution in [2.45, 2.75) is 31.8 Å². The van der Waals surface area contributed by atoms with Crippen molar-refractivity contribution < 1.29 is 9.90 Å². The second-order valence-corrected chi connectivity index (χ2v) is 6.19. The molecule has 1 amide bonds. The quantitative estimate of drug-likeness (QED) is 0.786. The molecule has 0 bridgehead atoms. The lowest BCUT2D eigenvalue weighted by Gasteiger charge is -2.23. The third-order valence-corrected chi connectivity index (χ3v) is 4.30. The van der Waals surface area contributed by atoms with E-state index in [-0.39, 0.29) is 12.5 Å². The van der Waals surface area contributed by atoms with Gasteiger partial charge in [0, 0.05) is 25.7 Å². The summed E-state index contributed by atoms with van der Waals surface area (Å²) in [5, 5.41) is 14.8. The highest BCUT2D eigenvalue weighted by Gasteiger charge is 2.23. The molecule has 1 aliphatic carbocycles. The largest absolute Gasteiger partial charge is 0.396 e. The Morgan fingerprint density at radius 3 is 2.74 bits per heavy atom. The van der Waals surface area contributed by atoms with Crippen molar-refractivity contribution in [1.82, 2.24) is 10.2 Å². The molecular formula is C19H24N2O2. The number of aliphatic hydroxyl groups excluding tert-OH is 1. The number of benzene rings is 2. The topological polar surface area (TPSA) is 52.6 Å². The fraction of sp³-hybridized carbons (Fsp3) is 0.421. The highest BCUT2D eigenvalue weighted by atomic mass is 16.3. The van der Waals surface area contributed by atoms with E-state index >= 15 is 0 Å². The third-order valence-electron chi connectivity index (χ3n) is 4.30. The summed E-state index contributed by atoms with van der Waals surface area (Å²) in [6.07, 6.45) is 2.96. The minimum absolute atomic E-state index is 0.107. The molecule has 0 heterocycles. The van der Waals surface area contributed by atoms with Crippen LogP contribution in [0.5, 0.6) is 0 Å². The first-order valence-electron chi connectivity index (χ1n) is 8.36. The highest BCUT2D eigenvalue weighted by molar-refractivity contribution is 5.86. The highest BCUT2D eigenvalue weighted by Crippen LogP contribution is 2.21. The number of carbonyl (C=O) groups excluding carboxylic acids is 1. The summed E-state index contributed by atoms with van der Waals surface area (Å²) in [4.78, 5) is 14.4. The van der Waals surface area contributed by atoms with Crippen LogP contribution in [-0.2, 0) is 11.3 Å². The van der Waals surface area contributed by atoms with Gasteiger partial charge in [-0.3, -0.25) is 4.79 Å². The number of hydrogen-bond donors (Lipinski definition) is 2. The van der Waals surface area contributed by atoms with E-state index in [1.165, 1.54) is 23.6 Å². The van der Waals surface area contributed by atoms with Gasteiger partial charge < -0.3 is 15.3 Å². The SMILES string of the molecule is O=C(CNC1CC1)N(CCCO)Cc1cccc2ccccc12. The van der Waals surface area contributed by atoms with Crippen molar-refractivity contribution in [3.8, 4) is 0 Å². The van der Waals surface area contributed by atoms with Crippen molar-refractivity contribution in [2.24, 2.45) is 0 Å². The zero-order valence-electron chi connectivity index (χ0n) is 13.4. The van der Waals surface area contributed by atoms with E-state index < -0.39 is 0 Å². The molecule has 0 atom stereocenters. The fourth-order valence-corrected chi connectivity index (χ4v) is 2.82. The first-order chi connectivity index (χ1) is 11.3. The lowest BCUT2D eigenvalue weighted by molar-refractivity contribution is -0.131. The maximum Gasteiger partial charge on any atom is 0.236 e. The van der Waals surface area contributed by atoms with Crippen molar-refractivity contribution in [3.05, 3.63) is 48.0 Å². The third kappa shape index (κ3) is 4.30. The van der Waals surface area contributed by atoms with Crippen LogP contribution in [0.4, 0.5) is 0 Å². The number of amides is 1. The number of nitrogens with one attached hydrogen (secondary N) is 1. The van der Waals surface area contributed by atoms with E-state index in [4.69, 9.17) is 5.11 Å². The molecule has 23 heavy (non-hydrogen) atoms. The summed E-state index contributed by atoms with van der Waals surface area (Å²) in [6.45, 7) is 1.67. The molecule has 2 aromatic carbocycles. The van der Waals surface area contributed by atoms with Crippen molar-refractivity contribution >= 4 is 16.7 Å². The average molecular weight is 312 g/mol. The molecule has 0 saturated heterocycles. The van der Waals surface area contributed by atoms with Crippen LogP contribution in [-0.4, -0.2) is 41.7 Å². The summed E-state index contributed by atoms with van der Waals surface area (Å²) in [5.74, 6) is 0.110. The molecule has 0 aliphatic heterocycles. The number of rotatable bonds is 8. The Hall–Kier alpha value is -1.91. The van der Waals surface area contributed by atoms with E-state index in [1.54, 1.807) is 0 Å². The van der Waals surface area contributed by atoms with Crippen LogP contribution < -0.4 is 5.32 Å². The van der Waals surface area contributed by atoms with Crippen LogP contribution in [0.2, 0.25) is 0 Å². The first kappa shape index (κ1) is 16.0. The van der Waals surface area contributed by atoms with Gasteiger partial charge in [-0.15, -0.1) is 0 Å². The van der Waals surface area contributed by atoms with Gasteiger partial charge in [-0.2, -0.15) is 0 Å². The molecule has 4 nitrogen and oxygen atoms in total. The number of carbonyl (C=O) groups is 1. The van der Waals surface area contributed by atoms with E-state index in [0.29, 0.717) is 32.1 Å². The van der Waals surface area contributed by atoms with Crippen LogP contribution in [0.1, 0.15) is 24.8 Å². The molecule has 0 spiro atoms. The molecule has 122 valence electrons. The maximum absolute atomic E-state index is 12.5.